The molecule has 1 N–H and O–H groups in total. The van der Waals surface area contributed by atoms with E-state index in [0.717, 1.165) is 20.1 Å². The molecule has 0 aliphatic carbocycles. The van der Waals surface area contributed by atoms with E-state index >= 15 is 0 Å². The van der Waals surface area contributed by atoms with E-state index in [2.05, 4.69) is 42.4 Å². The highest BCUT2D eigenvalue weighted by Gasteiger charge is 2.16. The van der Waals surface area contributed by atoms with Crippen molar-refractivity contribution in [1.82, 2.24) is 5.43 Å². The third-order valence-corrected chi connectivity index (χ3v) is 5.76. The standard InChI is InChI=1S/C22H15Br2ClN2O4/c23-17-7-14(8-18(24)21(17)29-11-13-1-4-16(25)5-2-13)10-26-27-22(28)15-3-6-19-20(9-15)31-12-30-19/h1-10H,11-12H2,(H,27,28)/b26-10+. The molecule has 1 amide bonds. The summed E-state index contributed by atoms with van der Waals surface area (Å²) >= 11 is 12.9. The van der Waals surface area contributed by atoms with Gasteiger partial charge in [0.25, 0.3) is 5.91 Å². The first kappa shape index (κ1) is 21.7. The van der Waals surface area contributed by atoms with Crippen LogP contribution in [0.4, 0.5) is 0 Å². The first-order chi connectivity index (χ1) is 15.0. The molecule has 0 saturated heterocycles. The lowest BCUT2D eigenvalue weighted by molar-refractivity contribution is 0.0954. The Kier molecular flexibility index (Phi) is 6.80. The van der Waals surface area contributed by atoms with Gasteiger partial charge >= 0.3 is 0 Å². The largest absolute Gasteiger partial charge is 0.487 e. The van der Waals surface area contributed by atoms with Crippen molar-refractivity contribution in [2.75, 3.05) is 6.79 Å². The van der Waals surface area contributed by atoms with Gasteiger partial charge in [0.15, 0.2) is 11.5 Å². The van der Waals surface area contributed by atoms with Crippen LogP contribution in [0.1, 0.15) is 21.5 Å². The molecule has 31 heavy (non-hydrogen) atoms. The van der Waals surface area contributed by atoms with Crippen molar-refractivity contribution in [1.29, 1.82) is 0 Å². The van der Waals surface area contributed by atoms with Crippen molar-refractivity contribution in [3.8, 4) is 17.2 Å². The average Bonchev–Trinajstić information content (AvgIpc) is 3.22. The summed E-state index contributed by atoms with van der Waals surface area (Å²) in [7, 11) is 0. The molecule has 0 aromatic heterocycles. The SMILES string of the molecule is O=C(N/N=C/c1cc(Br)c(OCc2ccc(Cl)cc2)c(Br)c1)c1ccc2c(c1)OCO2. The van der Waals surface area contributed by atoms with Crippen molar-refractivity contribution in [3.05, 3.63) is 85.3 Å². The van der Waals surface area contributed by atoms with Gasteiger partial charge in [-0.15, -0.1) is 0 Å². The van der Waals surface area contributed by atoms with Crippen molar-refractivity contribution in [2.24, 2.45) is 5.10 Å². The van der Waals surface area contributed by atoms with Gasteiger partial charge < -0.3 is 14.2 Å². The summed E-state index contributed by atoms with van der Waals surface area (Å²) in [5.74, 6) is 1.47. The van der Waals surface area contributed by atoms with Gasteiger partial charge in [0.05, 0.1) is 15.2 Å². The molecule has 6 nitrogen and oxygen atoms in total. The van der Waals surface area contributed by atoms with Crippen LogP contribution < -0.4 is 19.6 Å². The van der Waals surface area contributed by atoms with Gasteiger partial charge in [0, 0.05) is 10.6 Å². The number of amides is 1. The Hall–Kier alpha value is -2.55. The summed E-state index contributed by atoms with van der Waals surface area (Å²) in [5, 5.41) is 4.71. The predicted octanol–water partition coefficient (Wildman–Crippen LogP) is 5.94. The van der Waals surface area contributed by atoms with Gasteiger partial charge in [-0.05, 0) is 85.5 Å². The zero-order chi connectivity index (χ0) is 21.8. The van der Waals surface area contributed by atoms with E-state index in [1.807, 2.05) is 36.4 Å². The Morgan fingerprint density at radius 1 is 1.06 bits per heavy atom. The molecular weight excluding hydrogens is 552 g/mol. The van der Waals surface area contributed by atoms with Gasteiger partial charge in [-0.1, -0.05) is 23.7 Å². The van der Waals surface area contributed by atoms with E-state index in [9.17, 15) is 4.79 Å². The van der Waals surface area contributed by atoms with Crippen LogP contribution in [0, 0.1) is 0 Å². The van der Waals surface area contributed by atoms with Gasteiger partial charge in [-0.3, -0.25) is 4.79 Å². The normalized spacial score (nSPS) is 12.2. The summed E-state index contributed by atoms with van der Waals surface area (Å²) in [6.45, 7) is 0.551. The lowest BCUT2D eigenvalue weighted by atomic mass is 10.2. The fourth-order valence-corrected chi connectivity index (χ4v) is 4.37. The minimum Gasteiger partial charge on any atom is -0.487 e. The number of nitrogens with zero attached hydrogens (tertiary/aromatic N) is 1. The summed E-state index contributed by atoms with van der Waals surface area (Å²) in [6.07, 6.45) is 1.55. The summed E-state index contributed by atoms with van der Waals surface area (Å²) in [6, 6.07) is 16.1. The Bertz CT molecular complexity index is 1130. The second kappa shape index (κ2) is 9.72. The van der Waals surface area contributed by atoms with Crippen LogP contribution in [0.25, 0.3) is 0 Å². The molecule has 0 spiro atoms. The molecule has 0 atom stereocenters. The minimum absolute atomic E-state index is 0.154. The Labute approximate surface area is 200 Å². The second-order valence-corrected chi connectivity index (χ2v) is 8.64. The van der Waals surface area contributed by atoms with Gasteiger partial charge in [0.1, 0.15) is 12.4 Å². The van der Waals surface area contributed by atoms with Crippen LogP contribution >= 0.6 is 43.5 Å². The molecule has 4 rings (SSSR count). The number of benzene rings is 3. The Balaban J connectivity index is 1.38. The monoisotopic (exact) mass is 564 g/mol. The van der Waals surface area contributed by atoms with Crippen LogP contribution in [-0.4, -0.2) is 18.9 Å². The molecule has 1 heterocycles. The Morgan fingerprint density at radius 3 is 2.52 bits per heavy atom. The fourth-order valence-electron chi connectivity index (χ4n) is 2.80. The lowest BCUT2D eigenvalue weighted by Gasteiger charge is -2.11. The number of hydrazone groups is 1. The molecule has 1 aliphatic heterocycles. The van der Waals surface area contributed by atoms with Gasteiger partial charge in [0.2, 0.25) is 6.79 Å². The van der Waals surface area contributed by atoms with Crippen molar-refractivity contribution in [3.63, 3.8) is 0 Å². The number of carbonyl (C=O) groups is 1. The lowest BCUT2D eigenvalue weighted by Crippen LogP contribution is -2.17. The van der Waals surface area contributed by atoms with Crippen LogP contribution in [0.15, 0.2) is 68.6 Å². The van der Waals surface area contributed by atoms with Crippen molar-refractivity contribution < 1.29 is 19.0 Å². The van der Waals surface area contributed by atoms with Crippen molar-refractivity contribution >= 4 is 55.6 Å². The number of nitrogens with one attached hydrogen (secondary N) is 1. The predicted molar refractivity (Wildman–Crippen MR) is 125 cm³/mol. The fraction of sp³-hybridized carbons (Fsp3) is 0.0909. The summed E-state index contributed by atoms with van der Waals surface area (Å²) in [5.41, 5.74) is 4.70. The first-order valence-corrected chi connectivity index (χ1v) is 11.1. The maximum Gasteiger partial charge on any atom is 0.271 e. The molecule has 0 radical (unpaired) electrons. The molecule has 3 aromatic rings. The number of halogens is 3. The van der Waals surface area contributed by atoms with Crippen LogP contribution in [-0.2, 0) is 6.61 Å². The average molecular weight is 567 g/mol. The number of fused-ring (bicyclic) bond motifs is 1. The molecule has 0 saturated carbocycles. The molecule has 158 valence electrons. The van der Waals surface area contributed by atoms with E-state index < -0.39 is 0 Å². The van der Waals surface area contributed by atoms with Crippen LogP contribution in [0.2, 0.25) is 5.02 Å². The molecule has 3 aromatic carbocycles. The van der Waals surface area contributed by atoms with E-state index in [1.165, 1.54) is 0 Å². The number of hydrogen-bond donors (Lipinski definition) is 1. The molecule has 0 fully saturated rings. The zero-order valence-corrected chi connectivity index (χ0v) is 19.8. The topological polar surface area (TPSA) is 69.2 Å². The number of ether oxygens (including phenoxy) is 3. The highest BCUT2D eigenvalue weighted by molar-refractivity contribution is 9.11. The second-order valence-electron chi connectivity index (χ2n) is 6.50. The molecule has 1 aliphatic rings. The van der Waals surface area contributed by atoms with Gasteiger partial charge in [-0.2, -0.15) is 5.10 Å². The Morgan fingerprint density at radius 2 is 1.77 bits per heavy atom. The molecule has 9 heteroatoms. The number of rotatable bonds is 6. The third kappa shape index (κ3) is 5.39. The zero-order valence-electron chi connectivity index (χ0n) is 15.9. The molecule has 0 unspecified atom stereocenters. The van der Waals surface area contributed by atoms with Crippen LogP contribution in [0.3, 0.4) is 0 Å². The van der Waals surface area contributed by atoms with E-state index in [1.54, 1.807) is 24.4 Å². The highest BCUT2D eigenvalue weighted by atomic mass is 79.9. The summed E-state index contributed by atoms with van der Waals surface area (Å²) in [4.78, 5) is 12.3. The minimum atomic E-state index is -0.351. The van der Waals surface area contributed by atoms with Crippen molar-refractivity contribution in [2.45, 2.75) is 6.61 Å². The number of hydrogen-bond acceptors (Lipinski definition) is 5. The van der Waals surface area contributed by atoms with E-state index in [-0.39, 0.29) is 12.7 Å². The number of carbonyl (C=O) groups excluding carboxylic acids is 1. The quantitative estimate of drug-likeness (QED) is 0.296. The van der Waals surface area contributed by atoms with E-state index in [0.29, 0.717) is 34.4 Å². The third-order valence-electron chi connectivity index (χ3n) is 4.33. The first-order valence-electron chi connectivity index (χ1n) is 9.09. The molecular formula is C22H15Br2ClN2O4. The van der Waals surface area contributed by atoms with Gasteiger partial charge in [-0.25, -0.2) is 5.43 Å². The smallest absolute Gasteiger partial charge is 0.271 e. The highest BCUT2D eigenvalue weighted by Crippen LogP contribution is 2.35. The maximum absolute atomic E-state index is 12.3. The maximum atomic E-state index is 12.3. The summed E-state index contributed by atoms with van der Waals surface area (Å²) < 4.78 is 17.9. The van der Waals surface area contributed by atoms with E-state index in [4.69, 9.17) is 25.8 Å². The van der Waals surface area contributed by atoms with Crippen LogP contribution in [0.5, 0.6) is 17.2 Å². The molecule has 0 bridgehead atoms.